The molecule has 1 fully saturated rings. The number of aromatic nitrogens is 2. The predicted octanol–water partition coefficient (Wildman–Crippen LogP) is 1.65. The van der Waals surface area contributed by atoms with E-state index in [4.69, 9.17) is 4.42 Å². The summed E-state index contributed by atoms with van der Waals surface area (Å²) in [6, 6.07) is 13.4. The number of aromatic amines is 1. The maximum Gasteiger partial charge on any atom is 0.328 e. The molecule has 4 rings (SSSR count). The lowest BCUT2D eigenvalue weighted by molar-refractivity contribution is 0.0647. The van der Waals surface area contributed by atoms with Crippen LogP contribution in [0.15, 0.2) is 75.0 Å². The first kappa shape index (κ1) is 20.6. The Balaban J connectivity index is 1.38. The zero-order chi connectivity index (χ0) is 21.6. The van der Waals surface area contributed by atoms with Crippen LogP contribution in [-0.4, -0.2) is 58.0 Å². The SMILES string of the molecule is O=C(c1c[nH]c(=O)n(Cc2ccco2)c1=O)N1CCN(C/C=C/c2ccccc2)CC1. The molecule has 1 N–H and O–H groups in total. The monoisotopic (exact) mass is 420 g/mol. The van der Waals surface area contributed by atoms with Crippen molar-refractivity contribution in [1.29, 1.82) is 0 Å². The molecule has 1 aliphatic rings. The molecule has 31 heavy (non-hydrogen) atoms. The van der Waals surface area contributed by atoms with Gasteiger partial charge in [0.05, 0.1) is 12.8 Å². The fourth-order valence-electron chi connectivity index (χ4n) is 3.57. The van der Waals surface area contributed by atoms with Crippen molar-refractivity contribution < 1.29 is 9.21 Å². The van der Waals surface area contributed by atoms with Gasteiger partial charge in [0, 0.05) is 38.9 Å². The topological polar surface area (TPSA) is 91.5 Å². The minimum Gasteiger partial charge on any atom is -0.467 e. The Hall–Kier alpha value is -3.65. The van der Waals surface area contributed by atoms with Crippen molar-refractivity contribution in [2.75, 3.05) is 32.7 Å². The maximum absolute atomic E-state index is 12.9. The average molecular weight is 420 g/mol. The van der Waals surface area contributed by atoms with Crippen molar-refractivity contribution in [3.8, 4) is 0 Å². The van der Waals surface area contributed by atoms with Crippen molar-refractivity contribution in [3.05, 3.63) is 98.7 Å². The second-order valence-electron chi connectivity index (χ2n) is 7.38. The number of hydrogen-bond acceptors (Lipinski definition) is 5. The summed E-state index contributed by atoms with van der Waals surface area (Å²) >= 11 is 0. The largest absolute Gasteiger partial charge is 0.467 e. The Kier molecular flexibility index (Phi) is 6.28. The van der Waals surface area contributed by atoms with Crippen LogP contribution >= 0.6 is 0 Å². The molecule has 160 valence electrons. The highest BCUT2D eigenvalue weighted by Gasteiger charge is 2.24. The molecule has 0 aliphatic carbocycles. The summed E-state index contributed by atoms with van der Waals surface area (Å²) in [5.74, 6) is 0.100. The minimum atomic E-state index is -0.613. The summed E-state index contributed by atoms with van der Waals surface area (Å²) in [5.41, 5.74) is -0.0739. The standard InChI is InChI=1S/C23H24N4O4/c28-21(20-16-24-23(30)27(22(20)29)17-19-9-5-15-31-19)26-13-11-25(12-14-26)10-4-8-18-6-2-1-3-7-18/h1-9,15-16H,10-14,17H2,(H,24,30)/b8-4+. The third kappa shape index (κ3) is 4.92. The van der Waals surface area contributed by atoms with Crippen LogP contribution in [0.3, 0.4) is 0 Å². The van der Waals surface area contributed by atoms with Crippen LogP contribution in [0.5, 0.6) is 0 Å². The van der Waals surface area contributed by atoms with E-state index in [1.807, 2.05) is 18.2 Å². The molecule has 2 aromatic heterocycles. The highest BCUT2D eigenvalue weighted by Crippen LogP contribution is 2.07. The van der Waals surface area contributed by atoms with Gasteiger partial charge in [-0.25, -0.2) is 4.79 Å². The van der Waals surface area contributed by atoms with E-state index < -0.39 is 11.2 Å². The number of nitrogens with one attached hydrogen (secondary N) is 1. The van der Waals surface area contributed by atoms with E-state index in [1.54, 1.807) is 17.0 Å². The first-order chi connectivity index (χ1) is 15.1. The van der Waals surface area contributed by atoms with Gasteiger partial charge in [-0.2, -0.15) is 0 Å². The van der Waals surface area contributed by atoms with Gasteiger partial charge in [-0.1, -0.05) is 42.5 Å². The van der Waals surface area contributed by atoms with Crippen molar-refractivity contribution in [2.45, 2.75) is 6.54 Å². The van der Waals surface area contributed by atoms with Crippen LogP contribution in [0.1, 0.15) is 21.7 Å². The molecule has 1 amide bonds. The summed E-state index contributed by atoms with van der Waals surface area (Å²) in [6.07, 6.45) is 6.88. The molecule has 3 aromatic rings. The lowest BCUT2D eigenvalue weighted by atomic mass is 10.2. The van der Waals surface area contributed by atoms with Crippen LogP contribution in [0.2, 0.25) is 0 Å². The molecular weight excluding hydrogens is 396 g/mol. The van der Waals surface area contributed by atoms with E-state index in [0.717, 1.165) is 29.8 Å². The first-order valence-electron chi connectivity index (χ1n) is 10.2. The third-order valence-electron chi connectivity index (χ3n) is 5.32. The first-order valence-corrected chi connectivity index (χ1v) is 10.2. The van der Waals surface area contributed by atoms with E-state index in [9.17, 15) is 14.4 Å². The molecule has 0 atom stereocenters. The molecular formula is C23H24N4O4. The van der Waals surface area contributed by atoms with Crippen LogP contribution < -0.4 is 11.2 Å². The third-order valence-corrected chi connectivity index (χ3v) is 5.32. The second kappa shape index (κ2) is 9.44. The highest BCUT2D eigenvalue weighted by molar-refractivity contribution is 5.93. The van der Waals surface area contributed by atoms with Gasteiger partial charge in [-0.15, -0.1) is 0 Å². The fraction of sp³-hybridized carbons (Fsp3) is 0.261. The van der Waals surface area contributed by atoms with E-state index >= 15 is 0 Å². The minimum absolute atomic E-state index is 0.0240. The number of H-pyrrole nitrogens is 1. The van der Waals surface area contributed by atoms with Crippen molar-refractivity contribution in [3.63, 3.8) is 0 Å². The van der Waals surface area contributed by atoms with Crippen molar-refractivity contribution >= 4 is 12.0 Å². The molecule has 0 spiro atoms. The Morgan fingerprint density at radius 2 is 1.81 bits per heavy atom. The summed E-state index contributed by atoms with van der Waals surface area (Å²) in [4.78, 5) is 44.2. The van der Waals surface area contributed by atoms with E-state index in [0.29, 0.717) is 18.8 Å². The van der Waals surface area contributed by atoms with E-state index in [1.165, 1.54) is 12.5 Å². The zero-order valence-corrected chi connectivity index (χ0v) is 17.1. The second-order valence-corrected chi connectivity index (χ2v) is 7.38. The number of rotatable bonds is 6. The fourth-order valence-corrected chi connectivity index (χ4v) is 3.57. The maximum atomic E-state index is 12.9. The van der Waals surface area contributed by atoms with E-state index in [2.05, 4.69) is 34.2 Å². The predicted molar refractivity (Wildman–Crippen MR) is 117 cm³/mol. The summed E-state index contributed by atoms with van der Waals surface area (Å²) < 4.78 is 6.20. The number of piperazine rings is 1. The lowest BCUT2D eigenvalue weighted by Crippen LogP contribution is -2.50. The molecule has 1 aromatic carbocycles. The summed E-state index contributed by atoms with van der Waals surface area (Å²) in [5, 5.41) is 0. The number of carbonyl (C=O) groups excluding carboxylic acids is 1. The Labute approximate surface area is 179 Å². The number of hydrogen-bond donors (Lipinski definition) is 1. The highest BCUT2D eigenvalue weighted by atomic mass is 16.3. The number of amides is 1. The van der Waals surface area contributed by atoms with Gasteiger partial charge in [-0.3, -0.25) is 19.1 Å². The molecule has 3 heterocycles. The Morgan fingerprint density at radius 1 is 1.03 bits per heavy atom. The molecule has 8 heteroatoms. The van der Waals surface area contributed by atoms with Gasteiger partial charge < -0.3 is 14.3 Å². The molecule has 0 radical (unpaired) electrons. The Bertz CT molecular complexity index is 1150. The summed E-state index contributed by atoms with van der Waals surface area (Å²) in [7, 11) is 0. The number of carbonyl (C=O) groups is 1. The Morgan fingerprint density at radius 3 is 2.52 bits per heavy atom. The van der Waals surface area contributed by atoms with Crippen LogP contribution in [-0.2, 0) is 6.54 Å². The normalized spacial score (nSPS) is 14.9. The molecule has 0 unspecified atom stereocenters. The van der Waals surface area contributed by atoms with Crippen LogP contribution in [0.4, 0.5) is 0 Å². The zero-order valence-electron chi connectivity index (χ0n) is 17.1. The molecule has 0 bridgehead atoms. The average Bonchev–Trinajstić information content (AvgIpc) is 3.31. The molecule has 8 nitrogen and oxygen atoms in total. The lowest BCUT2D eigenvalue weighted by Gasteiger charge is -2.34. The number of benzene rings is 1. The van der Waals surface area contributed by atoms with Gasteiger partial charge in [0.15, 0.2) is 0 Å². The van der Waals surface area contributed by atoms with E-state index in [-0.39, 0.29) is 18.0 Å². The molecule has 1 saturated heterocycles. The van der Waals surface area contributed by atoms with Crippen LogP contribution in [0.25, 0.3) is 6.08 Å². The van der Waals surface area contributed by atoms with Gasteiger partial charge >= 0.3 is 5.69 Å². The van der Waals surface area contributed by atoms with Gasteiger partial charge in [0.2, 0.25) is 0 Å². The number of nitrogens with zero attached hydrogens (tertiary/aromatic N) is 3. The summed E-state index contributed by atoms with van der Waals surface area (Å²) in [6.45, 7) is 3.25. The van der Waals surface area contributed by atoms with Crippen LogP contribution in [0, 0.1) is 0 Å². The van der Waals surface area contributed by atoms with Gasteiger partial charge in [0.25, 0.3) is 11.5 Å². The van der Waals surface area contributed by atoms with Crippen molar-refractivity contribution in [2.24, 2.45) is 0 Å². The number of furan rings is 1. The quantitative estimate of drug-likeness (QED) is 0.655. The smallest absolute Gasteiger partial charge is 0.328 e. The van der Waals surface area contributed by atoms with Crippen molar-refractivity contribution in [1.82, 2.24) is 19.4 Å². The van der Waals surface area contributed by atoms with Gasteiger partial charge in [0.1, 0.15) is 11.3 Å². The molecule has 1 aliphatic heterocycles. The van der Waals surface area contributed by atoms with Gasteiger partial charge in [-0.05, 0) is 17.7 Å². The molecule has 0 saturated carbocycles.